The van der Waals surface area contributed by atoms with Gasteiger partial charge in [-0.05, 0) is 139 Å². The summed E-state index contributed by atoms with van der Waals surface area (Å²) in [5.74, 6) is -6.55. The molecule has 8 N–H and O–H groups in total. The molecule has 4 amide bonds. The van der Waals surface area contributed by atoms with E-state index in [-0.39, 0.29) is 62.8 Å². The van der Waals surface area contributed by atoms with E-state index in [9.17, 15) is 43.0 Å². The molecule has 72 heavy (non-hydrogen) atoms. The minimum absolute atomic E-state index is 0.00799. The summed E-state index contributed by atoms with van der Waals surface area (Å²) in [6.45, 7) is 6.17. The lowest BCUT2D eigenvalue weighted by Gasteiger charge is -2.33. The number of halogens is 2. The van der Waals surface area contributed by atoms with Crippen LogP contribution in [0.2, 0.25) is 0 Å². The zero-order valence-electron chi connectivity index (χ0n) is 40.5. The predicted octanol–water partition coefficient (Wildman–Crippen LogP) is 6.21. The molecule has 17 nitrogen and oxygen atoms in total. The van der Waals surface area contributed by atoms with Crippen LogP contribution in [0.3, 0.4) is 0 Å². The highest BCUT2D eigenvalue weighted by molar-refractivity contribution is 5.95. The maximum Gasteiger partial charge on any atom is 0.508 e. The van der Waals surface area contributed by atoms with Crippen LogP contribution in [-0.2, 0) is 31.9 Å². The Kier molecular flexibility index (Phi) is 18.0. The predicted molar refractivity (Wildman–Crippen MR) is 263 cm³/mol. The average molecular weight is 991 g/mol. The maximum absolute atomic E-state index is 14.8. The van der Waals surface area contributed by atoms with E-state index in [0.29, 0.717) is 33.2 Å². The molecule has 0 aliphatic rings. The first-order valence-electron chi connectivity index (χ1n) is 23.5. The number of primary amides is 2. The van der Waals surface area contributed by atoms with Crippen LogP contribution in [0.1, 0.15) is 98.3 Å². The number of aliphatic hydroxyl groups is 2. The summed E-state index contributed by atoms with van der Waals surface area (Å²) in [7, 11) is 0. The van der Waals surface area contributed by atoms with Crippen LogP contribution in [-0.4, -0.2) is 95.4 Å². The third-order valence-electron chi connectivity index (χ3n) is 12.1. The number of nitrogens with one attached hydrogen (secondary N) is 2. The molecule has 6 atom stereocenters. The first-order valence-corrected chi connectivity index (χ1v) is 23.5. The number of amides is 4. The van der Waals surface area contributed by atoms with Crippen molar-refractivity contribution in [2.24, 2.45) is 23.3 Å². The van der Waals surface area contributed by atoms with Gasteiger partial charge in [0.1, 0.15) is 35.2 Å². The number of ether oxygens (including phenoxy) is 2. The molecule has 0 saturated heterocycles. The second kappa shape index (κ2) is 24.1. The lowest BCUT2D eigenvalue weighted by molar-refractivity contribution is -0.124. The van der Waals surface area contributed by atoms with E-state index in [0.717, 1.165) is 0 Å². The van der Waals surface area contributed by atoms with Gasteiger partial charge in [0.25, 0.3) is 11.8 Å². The summed E-state index contributed by atoms with van der Waals surface area (Å²) in [6.07, 6.45) is -2.79. The van der Waals surface area contributed by atoms with Crippen LogP contribution in [0.4, 0.5) is 13.6 Å². The second-order valence-corrected chi connectivity index (χ2v) is 19.3. The summed E-state index contributed by atoms with van der Waals surface area (Å²) >= 11 is 0. The van der Waals surface area contributed by atoms with Crippen molar-refractivity contribution in [2.75, 3.05) is 0 Å². The Morgan fingerprint density at radius 1 is 0.583 bits per heavy atom. The fourth-order valence-electron chi connectivity index (χ4n) is 8.24. The van der Waals surface area contributed by atoms with E-state index >= 15 is 0 Å². The van der Waals surface area contributed by atoms with Gasteiger partial charge < -0.3 is 41.8 Å². The molecular formula is C53H60F2N8O9. The number of fused-ring (bicyclic) bond motifs is 2. The van der Waals surface area contributed by atoms with Crippen LogP contribution in [0.5, 0.6) is 0 Å². The quantitative estimate of drug-likeness (QED) is 0.0369. The van der Waals surface area contributed by atoms with Crippen molar-refractivity contribution in [3.05, 3.63) is 144 Å². The first-order chi connectivity index (χ1) is 34.1. The van der Waals surface area contributed by atoms with Gasteiger partial charge in [-0.1, -0.05) is 48.5 Å². The third kappa shape index (κ3) is 16.3. The van der Waals surface area contributed by atoms with Gasteiger partial charge in [0.05, 0.1) is 57.7 Å². The molecule has 0 saturated carbocycles. The highest BCUT2D eigenvalue weighted by Gasteiger charge is 2.38. The molecular weight excluding hydrogens is 931 g/mol. The minimum Gasteiger partial charge on any atom is -0.429 e. The topological polar surface area (TPSA) is 272 Å². The summed E-state index contributed by atoms with van der Waals surface area (Å²) in [5, 5.41) is 27.0. The Hall–Kier alpha value is -7.51. The van der Waals surface area contributed by atoms with Gasteiger partial charge in [0.15, 0.2) is 0 Å². The maximum atomic E-state index is 14.8. The van der Waals surface area contributed by atoms with Crippen molar-refractivity contribution in [2.45, 2.75) is 115 Å². The van der Waals surface area contributed by atoms with E-state index in [1.165, 1.54) is 48.8 Å². The molecule has 2 heterocycles. The van der Waals surface area contributed by atoms with E-state index in [4.69, 9.17) is 20.9 Å². The summed E-state index contributed by atoms with van der Waals surface area (Å²) in [6, 6.07) is 22.1. The molecule has 4 aromatic carbocycles. The van der Waals surface area contributed by atoms with Crippen LogP contribution >= 0.6 is 0 Å². The zero-order chi connectivity index (χ0) is 52.2. The van der Waals surface area contributed by atoms with Gasteiger partial charge in [-0.25, -0.2) is 23.5 Å². The van der Waals surface area contributed by atoms with Crippen molar-refractivity contribution in [1.82, 2.24) is 30.6 Å². The molecule has 0 fully saturated rings. The van der Waals surface area contributed by atoms with Crippen molar-refractivity contribution in [1.29, 1.82) is 0 Å². The Labute approximate surface area is 415 Å². The first kappa shape index (κ1) is 53.8. The Morgan fingerprint density at radius 3 is 1.31 bits per heavy atom. The number of aromatic nitrogens is 4. The number of carbonyl (C=O) groups excluding carboxylic acids is 5. The van der Waals surface area contributed by atoms with E-state index in [2.05, 4.69) is 30.6 Å². The summed E-state index contributed by atoms with van der Waals surface area (Å²) < 4.78 is 41.9. The SMILES string of the molecule is CC(C)(O)CC[C@H](C[C@@H](OC(=O)O[C@H](C[C@@H](CCC(C)(C)O)C(N)=O)[C@H](Cc1cccc(F)c1)NC(=O)c1cnc2ccccc2n1)[C@H](Cc1cccc(F)c1)NC(=O)c1cnc2ccccc2n1)C(N)=O. The van der Waals surface area contributed by atoms with E-state index in [1.54, 1.807) is 88.4 Å². The van der Waals surface area contributed by atoms with Crippen molar-refractivity contribution in [3.8, 4) is 0 Å². The molecule has 6 aromatic rings. The standard InChI is InChI=1S/C53H60F2N8O9/c1-52(2,69)21-19-33(47(56)64)27-45(41(25-31-11-9-13-35(54)23-31)62-49(66)43-29-58-37-15-5-7-17-39(37)60-43)71-51(68)72-46(28-34(48(57)65)20-22-53(3,4)70)42(26-32-12-10-14-36(55)24-32)63-50(67)44-30-59-38-16-6-8-18-40(38)61-44/h5-18,23-24,29-30,33-34,41-42,45-46,69-70H,19-22,25-28H2,1-4H3,(H2,56,64)(H2,57,65)(H,62,66)(H,63,67)/t33-,34-,41+,42+,45-,46-/m1/s1. The molecule has 0 aliphatic heterocycles. The molecule has 0 spiro atoms. The number of hydrogen-bond acceptors (Lipinski definition) is 13. The van der Waals surface area contributed by atoms with Crippen LogP contribution in [0.25, 0.3) is 22.1 Å². The molecule has 6 rings (SSSR count). The van der Waals surface area contributed by atoms with Crippen LogP contribution < -0.4 is 22.1 Å². The summed E-state index contributed by atoms with van der Waals surface area (Å²) in [4.78, 5) is 87.0. The molecule has 0 unspecified atom stereocenters. The Bertz CT molecular complexity index is 2680. The normalized spacial score (nSPS) is 14.3. The lowest BCUT2D eigenvalue weighted by atomic mass is 9.87. The number of carbonyl (C=O) groups is 5. The number of rotatable bonds is 24. The Morgan fingerprint density at radius 2 is 0.958 bits per heavy atom. The molecule has 19 heteroatoms. The monoisotopic (exact) mass is 990 g/mol. The van der Waals surface area contributed by atoms with Gasteiger partial charge in [0.2, 0.25) is 11.8 Å². The average Bonchev–Trinajstić information content (AvgIpc) is 3.31. The second-order valence-electron chi connectivity index (χ2n) is 19.3. The Balaban J connectivity index is 1.42. The van der Waals surface area contributed by atoms with Crippen LogP contribution in [0.15, 0.2) is 109 Å². The lowest BCUT2D eigenvalue weighted by Crippen LogP contribution is -2.51. The fourth-order valence-corrected chi connectivity index (χ4v) is 8.24. The molecule has 380 valence electrons. The molecule has 0 aliphatic carbocycles. The third-order valence-corrected chi connectivity index (χ3v) is 12.1. The van der Waals surface area contributed by atoms with Crippen LogP contribution in [0, 0.1) is 23.5 Å². The van der Waals surface area contributed by atoms with Crippen molar-refractivity contribution < 1.29 is 52.4 Å². The summed E-state index contributed by atoms with van der Waals surface area (Å²) in [5.41, 5.74) is 11.7. The van der Waals surface area contributed by atoms with Crippen molar-refractivity contribution in [3.63, 3.8) is 0 Å². The molecule has 2 aromatic heterocycles. The minimum atomic E-state index is -1.50. The van der Waals surface area contributed by atoms with E-state index < -0.39 is 88.7 Å². The van der Waals surface area contributed by atoms with Gasteiger partial charge >= 0.3 is 6.16 Å². The highest BCUT2D eigenvalue weighted by atomic mass is 19.1. The zero-order valence-corrected chi connectivity index (χ0v) is 40.5. The van der Waals surface area contributed by atoms with Gasteiger partial charge in [-0.3, -0.25) is 29.1 Å². The molecule has 0 radical (unpaired) electrons. The van der Waals surface area contributed by atoms with Gasteiger partial charge in [0, 0.05) is 11.8 Å². The number of hydrogen-bond donors (Lipinski definition) is 6. The van der Waals surface area contributed by atoms with Gasteiger partial charge in [-0.15, -0.1) is 0 Å². The van der Waals surface area contributed by atoms with E-state index in [1.807, 2.05) is 0 Å². The smallest absolute Gasteiger partial charge is 0.429 e. The number of nitrogens with zero attached hydrogens (tertiary/aromatic N) is 4. The number of para-hydroxylation sites is 4. The molecule has 0 bridgehead atoms. The highest BCUT2D eigenvalue weighted by Crippen LogP contribution is 2.28. The van der Waals surface area contributed by atoms with Gasteiger partial charge in [-0.2, -0.15) is 0 Å². The number of benzene rings is 4. The largest absolute Gasteiger partial charge is 0.508 e. The fraction of sp³-hybridized carbons (Fsp3) is 0.377. The number of nitrogens with two attached hydrogens (primary N) is 2. The van der Waals surface area contributed by atoms with Crippen molar-refractivity contribution >= 4 is 51.9 Å².